The molecule has 0 saturated heterocycles. The first-order valence-corrected chi connectivity index (χ1v) is 8.21. The molecule has 0 atom stereocenters. The normalized spacial score (nSPS) is 12.1. The van der Waals surface area contributed by atoms with Crippen LogP contribution in [-0.4, -0.2) is 7.47 Å². The molecule has 0 bridgehead atoms. The molecular formula is C19H14BBrF2FeO2. The summed E-state index contributed by atoms with van der Waals surface area (Å²) in [6, 6.07) is 14.3. The van der Waals surface area contributed by atoms with Crippen molar-refractivity contribution < 1.29 is 35.5 Å². The molecule has 2 aromatic carbocycles. The van der Waals surface area contributed by atoms with E-state index < -0.39 is 13.2 Å². The van der Waals surface area contributed by atoms with Crippen LogP contribution in [-0.2, 0) is 17.1 Å². The van der Waals surface area contributed by atoms with Crippen LogP contribution < -0.4 is 9.76 Å². The summed E-state index contributed by atoms with van der Waals surface area (Å²) < 4.78 is 29.6. The van der Waals surface area contributed by atoms with Gasteiger partial charge in [0.05, 0.1) is 0 Å². The van der Waals surface area contributed by atoms with Gasteiger partial charge in [0.25, 0.3) is 0 Å². The monoisotopic (exact) mass is 458 g/mol. The molecule has 0 aliphatic heterocycles. The number of allylic oxidation sites excluding steroid dienone is 7. The maximum Gasteiger partial charge on any atom is 2.00 e. The van der Waals surface area contributed by atoms with Crippen LogP contribution in [0.1, 0.15) is 5.56 Å². The van der Waals surface area contributed by atoms with Gasteiger partial charge < -0.3 is 9.76 Å². The Kier molecular flexibility index (Phi) is 9.88. The van der Waals surface area contributed by atoms with Crippen molar-refractivity contribution in [1.29, 1.82) is 0 Å². The number of halogens is 3. The molecule has 0 saturated carbocycles. The molecular weight excluding hydrogens is 445 g/mol. The smallest absolute Gasteiger partial charge is 0.872 e. The molecule has 1 aliphatic carbocycles. The Morgan fingerprint density at radius 2 is 1.81 bits per heavy atom. The van der Waals surface area contributed by atoms with Crippen molar-refractivity contribution in [3.8, 4) is 5.75 Å². The first-order valence-electron chi connectivity index (χ1n) is 7.41. The number of rotatable bonds is 4. The minimum absolute atomic E-state index is 0. The summed E-state index contributed by atoms with van der Waals surface area (Å²) in [5.74, 6) is -0.538. The Morgan fingerprint density at radius 3 is 2.35 bits per heavy atom. The summed E-state index contributed by atoms with van der Waals surface area (Å²) in [6.07, 6.45) is 10.3. The summed E-state index contributed by atoms with van der Waals surface area (Å²) in [4.78, 5) is 0. The minimum atomic E-state index is -2.97. The summed E-state index contributed by atoms with van der Waals surface area (Å²) in [6.45, 7) is 0. The molecule has 1 aliphatic rings. The zero-order valence-corrected chi connectivity index (χ0v) is 16.2. The van der Waals surface area contributed by atoms with Crippen molar-refractivity contribution in [2.75, 3.05) is 0 Å². The fourth-order valence-corrected chi connectivity index (χ4v) is 2.34. The molecule has 7 heteroatoms. The Morgan fingerprint density at radius 1 is 1.15 bits per heavy atom. The van der Waals surface area contributed by atoms with Gasteiger partial charge in [-0.1, -0.05) is 58.1 Å². The Bertz CT molecular complexity index is 769. The molecule has 2 aromatic rings. The standard InChI is InChI=1S/C14H10BBrF2O2.C5H5.Fe/c16-11-6-8-14(20-15(17)18)12(9-11)13(19)7-5-10-3-1-2-4-10;1-2-4-5-3-1;/h1-9,19H;1-5H;/q;-1;+2/p-1/b13-7-;;. The summed E-state index contributed by atoms with van der Waals surface area (Å²) in [5, 5.41) is 12.1. The molecule has 26 heavy (non-hydrogen) atoms. The van der Waals surface area contributed by atoms with Crippen molar-refractivity contribution >= 4 is 29.2 Å². The van der Waals surface area contributed by atoms with Gasteiger partial charge in [0.1, 0.15) is 5.75 Å². The Labute approximate surface area is 170 Å². The van der Waals surface area contributed by atoms with Crippen LogP contribution in [0.5, 0.6) is 5.75 Å². The second-order valence-corrected chi connectivity index (χ2v) is 5.81. The van der Waals surface area contributed by atoms with E-state index in [1.807, 2.05) is 54.6 Å². The van der Waals surface area contributed by atoms with E-state index in [-0.39, 0.29) is 28.4 Å². The first kappa shape index (κ1) is 22.1. The molecule has 0 heterocycles. The topological polar surface area (TPSA) is 32.3 Å². The Hall–Kier alpha value is -1.95. The van der Waals surface area contributed by atoms with E-state index in [2.05, 4.69) is 20.6 Å². The van der Waals surface area contributed by atoms with Crippen LogP contribution >= 0.6 is 15.9 Å². The minimum Gasteiger partial charge on any atom is -0.872 e. The van der Waals surface area contributed by atoms with Gasteiger partial charge in [-0.3, -0.25) is 0 Å². The van der Waals surface area contributed by atoms with Crippen LogP contribution in [0.2, 0.25) is 0 Å². The zero-order chi connectivity index (χ0) is 18.1. The third-order valence-corrected chi connectivity index (χ3v) is 3.59. The largest absolute Gasteiger partial charge is 2.00 e. The number of hydrogen-bond acceptors (Lipinski definition) is 2. The van der Waals surface area contributed by atoms with Gasteiger partial charge in [0.2, 0.25) is 0 Å². The van der Waals surface area contributed by atoms with Gasteiger partial charge in [-0.25, -0.2) is 20.8 Å². The number of benzene rings is 1. The fraction of sp³-hybridized carbons (Fsp3) is 0. The molecule has 3 rings (SSSR count). The third kappa shape index (κ3) is 7.52. The van der Waals surface area contributed by atoms with E-state index in [0.717, 1.165) is 5.57 Å². The van der Waals surface area contributed by atoms with Crippen LogP contribution in [0.15, 0.2) is 95.0 Å². The average Bonchev–Trinajstić information content (AvgIpc) is 3.30. The Balaban J connectivity index is 0.000000486. The summed E-state index contributed by atoms with van der Waals surface area (Å²) in [5.41, 5.74) is 0.951. The molecule has 134 valence electrons. The average molecular weight is 459 g/mol. The molecule has 0 aromatic heterocycles. The van der Waals surface area contributed by atoms with Gasteiger partial charge in [0, 0.05) is 10.0 Å². The molecule has 0 N–H and O–H groups in total. The predicted octanol–water partition coefficient (Wildman–Crippen LogP) is 4.91. The molecule has 0 spiro atoms. The van der Waals surface area contributed by atoms with E-state index in [9.17, 15) is 13.7 Å². The van der Waals surface area contributed by atoms with Crippen LogP contribution in [0, 0.1) is 0 Å². The summed E-state index contributed by atoms with van der Waals surface area (Å²) in [7, 11) is -2.97. The molecule has 0 radical (unpaired) electrons. The summed E-state index contributed by atoms with van der Waals surface area (Å²) >= 11 is 3.20. The third-order valence-electron chi connectivity index (χ3n) is 3.09. The molecule has 0 amide bonds. The van der Waals surface area contributed by atoms with Gasteiger partial charge in [-0.15, -0.1) is 0 Å². The van der Waals surface area contributed by atoms with Crippen LogP contribution in [0.3, 0.4) is 0 Å². The maximum atomic E-state index is 12.3. The molecule has 0 fully saturated rings. The molecule has 0 unspecified atom stereocenters. The van der Waals surface area contributed by atoms with Gasteiger partial charge in [-0.05, 0) is 23.8 Å². The van der Waals surface area contributed by atoms with E-state index in [4.69, 9.17) is 0 Å². The van der Waals surface area contributed by atoms with Crippen molar-refractivity contribution in [1.82, 2.24) is 0 Å². The van der Waals surface area contributed by atoms with Crippen molar-refractivity contribution in [2.45, 2.75) is 0 Å². The number of hydrogen-bond donors (Lipinski definition) is 0. The van der Waals surface area contributed by atoms with Crippen molar-refractivity contribution in [3.05, 3.63) is 101 Å². The van der Waals surface area contributed by atoms with Crippen LogP contribution in [0.4, 0.5) is 8.63 Å². The predicted molar refractivity (Wildman–Crippen MR) is 99.1 cm³/mol. The van der Waals surface area contributed by atoms with E-state index >= 15 is 0 Å². The quantitative estimate of drug-likeness (QED) is 0.370. The van der Waals surface area contributed by atoms with Crippen molar-refractivity contribution in [3.63, 3.8) is 0 Å². The first-order chi connectivity index (χ1) is 12.1. The second kappa shape index (κ2) is 11.6. The van der Waals surface area contributed by atoms with Crippen LogP contribution in [0.25, 0.3) is 5.76 Å². The van der Waals surface area contributed by atoms with Gasteiger partial charge in [0.15, 0.2) is 0 Å². The molecule has 2 nitrogen and oxygen atoms in total. The van der Waals surface area contributed by atoms with Gasteiger partial charge >= 0.3 is 24.5 Å². The zero-order valence-electron chi connectivity index (χ0n) is 13.5. The van der Waals surface area contributed by atoms with E-state index in [1.54, 1.807) is 6.08 Å². The fourth-order valence-electron chi connectivity index (χ4n) is 1.98. The second-order valence-electron chi connectivity index (χ2n) is 4.90. The van der Waals surface area contributed by atoms with E-state index in [0.29, 0.717) is 4.47 Å². The van der Waals surface area contributed by atoms with Crippen molar-refractivity contribution in [2.24, 2.45) is 0 Å². The maximum absolute atomic E-state index is 12.3. The SMILES string of the molecule is [Fe+2].[O-]/C(=C\C=C1C=CC=C1)c1cc(Br)ccc1OB(F)F.c1cc[cH-]c1. The van der Waals surface area contributed by atoms with E-state index in [1.165, 1.54) is 24.3 Å². The van der Waals surface area contributed by atoms with Gasteiger partial charge in [-0.2, -0.15) is 18.2 Å².